The van der Waals surface area contributed by atoms with Crippen molar-refractivity contribution in [2.45, 2.75) is 20.4 Å². The average Bonchev–Trinajstić information content (AvgIpc) is 2.66. The predicted molar refractivity (Wildman–Crippen MR) is 106 cm³/mol. The van der Waals surface area contributed by atoms with Gasteiger partial charge in [-0.15, -0.1) is 0 Å². The summed E-state index contributed by atoms with van der Waals surface area (Å²) in [6.45, 7) is 4.63. The summed E-state index contributed by atoms with van der Waals surface area (Å²) in [4.78, 5) is 18.1. The number of benzene rings is 3. The normalized spacial score (nSPS) is 11.0. The fourth-order valence-corrected chi connectivity index (χ4v) is 3.20. The summed E-state index contributed by atoms with van der Waals surface area (Å²) >= 11 is 0. The van der Waals surface area contributed by atoms with E-state index >= 15 is 0 Å². The van der Waals surface area contributed by atoms with Crippen molar-refractivity contribution in [2.75, 3.05) is 0 Å². The molecule has 3 heteroatoms. The molecular formula is C23H20N2O. The van der Waals surface area contributed by atoms with Crippen molar-refractivity contribution < 1.29 is 0 Å². The summed E-state index contributed by atoms with van der Waals surface area (Å²) in [6.07, 6.45) is 0. The van der Waals surface area contributed by atoms with Crippen LogP contribution in [0.1, 0.15) is 16.7 Å². The van der Waals surface area contributed by atoms with Crippen LogP contribution >= 0.6 is 0 Å². The van der Waals surface area contributed by atoms with Gasteiger partial charge >= 0.3 is 0 Å². The first-order valence-electron chi connectivity index (χ1n) is 8.74. The van der Waals surface area contributed by atoms with Crippen molar-refractivity contribution in [3.63, 3.8) is 0 Å². The van der Waals surface area contributed by atoms with Gasteiger partial charge in [-0.05, 0) is 37.1 Å². The van der Waals surface area contributed by atoms with Gasteiger partial charge in [0.1, 0.15) is 5.82 Å². The first-order chi connectivity index (χ1) is 12.6. The Bertz CT molecular complexity index is 1140. The lowest BCUT2D eigenvalue weighted by Gasteiger charge is -2.15. The second-order valence-corrected chi connectivity index (χ2v) is 6.64. The average molecular weight is 340 g/mol. The van der Waals surface area contributed by atoms with Crippen LogP contribution in [0.3, 0.4) is 0 Å². The molecule has 0 bridgehead atoms. The van der Waals surface area contributed by atoms with E-state index in [0.717, 1.165) is 16.6 Å². The SMILES string of the molecule is Cc1ccc(-c2nc3ccccc3c(=O)n2Cc2ccccc2C)cc1. The Labute approximate surface area is 152 Å². The van der Waals surface area contributed by atoms with E-state index < -0.39 is 0 Å². The van der Waals surface area contributed by atoms with Crippen molar-refractivity contribution in [1.82, 2.24) is 9.55 Å². The highest BCUT2D eigenvalue weighted by Gasteiger charge is 2.13. The third kappa shape index (κ3) is 2.92. The number of aromatic nitrogens is 2. The summed E-state index contributed by atoms with van der Waals surface area (Å²) in [6, 6.07) is 23.9. The molecule has 0 fully saturated rings. The number of fused-ring (bicyclic) bond motifs is 1. The molecule has 0 atom stereocenters. The second-order valence-electron chi connectivity index (χ2n) is 6.64. The smallest absolute Gasteiger partial charge is 0.261 e. The molecule has 4 aromatic rings. The molecule has 0 unspecified atom stereocenters. The van der Waals surface area contributed by atoms with E-state index in [1.165, 1.54) is 11.1 Å². The molecule has 0 spiro atoms. The molecule has 3 aromatic carbocycles. The van der Waals surface area contributed by atoms with Crippen LogP contribution < -0.4 is 5.56 Å². The summed E-state index contributed by atoms with van der Waals surface area (Å²) in [5, 5.41) is 0.650. The zero-order chi connectivity index (χ0) is 18.1. The van der Waals surface area contributed by atoms with E-state index in [-0.39, 0.29) is 5.56 Å². The summed E-state index contributed by atoms with van der Waals surface area (Å²) in [5.74, 6) is 0.706. The van der Waals surface area contributed by atoms with Gasteiger partial charge in [-0.3, -0.25) is 9.36 Å². The van der Waals surface area contributed by atoms with Crippen LogP contribution in [0.4, 0.5) is 0 Å². The van der Waals surface area contributed by atoms with Gasteiger partial charge < -0.3 is 0 Å². The van der Waals surface area contributed by atoms with Crippen molar-refractivity contribution in [2.24, 2.45) is 0 Å². The van der Waals surface area contributed by atoms with Gasteiger partial charge in [0.2, 0.25) is 0 Å². The third-order valence-corrected chi connectivity index (χ3v) is 4.76. The van der Waals surface area contributed by atoms with E-state index in [2.05, 4.69) is 38.1 Å². The Morgan fingerprint density at radius 1 is 0.846 bits per heavy atom. The van der Waals surface area contributed by atoms with Crippen molar-refractivity contribution in [3.8, 4) is 11.4 Å². The molecule has 0 saturated heterocycles. The van der Waals surface area contributed by atoms with Gasteiger partial charge in [-0.2, -0.15) is 0 Å². The van der Waals surface area contributed by atoms with Crippen LogP contribution in [0.25, 0.3) is 22.3 Å². The van der Waals surface area contributed by atoms with Gasteiger partial charge in [-0.25, -0.2) is 4.98 Å². The molecule has 4 rings (SSSR count). The molecule has 0 saturated carbocycles. The van der Waals surface area contributed by atoms with Crippen LogP contribution in [-0.4, -0.2) is 9.55 Å². The van der Waals surface area contributed by atoms with Gasteiger partial charge in [0, 0.05) is 5.56 Å². The summed E-state index contributed by atoms with van der Waals surface area (Å²) in [7, 11) is 0. The lowest BCUT2D eigenvalue weighted by atomic mass is 10.1. The molecule has 0 aliphatic carbocycles. The fourth-order valence-electron chi connectivity index (χ4n) is 3.20. The van der Waals surface area contributed by atoms with E-state index in [1.54, 1.807) is 4.57 Å². The Morgan fingerprint density at radius 2 is 1.54 bits per heavy atom. The predicted octanol–water partition coefficient (Wildman–Crippen LogP) is 4.73. The fraction of sp³-hybridized carbons (Fsp3) is 0.130. The Balaban J connectivity index is 1.98. The second kappa shape index (κ2) is 6.60. The number of nitrogens with zero attached hydrogens (tertiary/aromatic N) is 2. The minimum absolute atomic E-state index is 0.00516. The number of para-hydroxylation sites is 1. The molecule has 0 aliphatic rings. The number of rotatable bonds is 3. The molecule has 0 amide bonds. The molecule has 0 N–H and O–H groups in total. The monoisotopic (exact) mass is 340 g/mol. The summed E-state index contributed by atoms with van der Waals surface area (Å²) < 4.78 is 1.79. The standard InChI is InChI=1S/C23H20N2O/c1-16-11-13-18(14-12-16)22-24-21-10-6-5-9-20(21)23(26)25(22)15-19-8-4-3-7-17(19)2/h3-14H,15H2,1-2H3. The number of aryl methyl sites for hydroxylation is 2. The maximum Gasteiger partial charge on any atom is 0.261 e. The topological polar surface area (TPSA) is 34.9 Å². The first-order valence-corrected chi connectivity index (χ1v) is 8.74. The van der Waals surface area contributed by atoms with Crippen molar-refractivity contribution in [1.29, 1.82) is 0 Å². The highest BCUT2D eigenvalue weighted by Crippen LogP contribution is 2.21. The van der Waals surface area contributed by atoms with E-state index in [0.29, 0.717) is 17.8 Å². The lowest BCUT2D eigenvalue weighted by molar-refractivity contribution is 0.755. The highest BCUT2D eigenvalue weighted by molar-refractivity contribution is 5.79. The van der Waals surface area contributed by atoms with E-state index in [9.17, 15) is 4.79 Å². The maximum atomic E-state index is 13.2. The van der Waals surface area contributed by atoms with Crippen LogP contribution in [-0.2, 0) is 6.54 Å². The van der Waals surface area contributed by atoms with Gasteiger partial charge in [0.25, 0.3) is 5.56 Å². The number of hydrogen-bond donors (Lipinski definition) is 0. The molecule has 1 heterocycles. The van der Waals surface area contributed by atoms with Gasteiger partial charge in [0.15, 0.2) is 0 Å². The minimum atomic E-state index is -0.00516. The minimum Gasteiger partial charge on any atom is -0.288 e. The zero-order valence-electron chi connectivity index (χ0n) is 14.9. The molecular weight excluding hydrogens is 320 g/mol. The van der Waals surface area contributed by atoms with Crippen molar-refractivity contribution >= 4 is 10.9 Å². The van der Waals surface area contributed by atoms with E-state index in [4.69, 9.17) is 4.98 Å². The maximum absolute atomic E-state index is 13.2. The van der Waals surface area contributed by atoms with E-state index in [1.807, 2.05) is 48.5 Å². The molecule has 128 valence electrons. The van der Waals surface area contributed by atoms with Crippen LogP contribution in [0.5, 0.6) is 0 Å². The van der Waals surface area contributed by atoms with Gasteiger partial charge in [0.05, 0.1) is 17.4 Å². The summed E-state index contributed by atoms with van der Waals surface area (Å²) in [5.41, 5.74) is 5.15. The first kappa shape index (κ1) is 16.3. The highest BCUT2D eigenvalue weighted by atomic mass is 16.1. The van der Waals surface area contributed by atoms with Crippen LogP contribution in [0.15, 0.2) is 77.6 Å². The molecule has 1 aromatic heterocycles. The molecule has 26 heavy (non-hydrogen) atoms. The lowest BCUT2D eigenvalue weighted by Crippen LogP contribution is -2.24. The largest absolute Gasteiger partial charge is 0.288 e. The third-order valence-electron chi connectivity index (χ3n) is 4.76. The number of hydrogen-bond acceptors (Lipinski definition) is 2. The molecule has 0 aliphatic heterocycles. The van der Waals surface area contributed by atoms with Crippen LogP contribution in [0.2, 0.25) is 0 Å². The Hall–Kier alpha value is -3.20. The quantitative estimate of drug-likeness (QED) is 0.540. The Morgan fingerprint density at radius 3 is 2.31 bits per heavy atom. The Kier molecular flexibility index (Phi) is 4.13. The molecule has 3 nitrogen and oxygen atoms in total. The molecule has 0 radical (unpaired) electrons. The van der Waals surface area contributed by atoms with Crippen molar-refractivity contribution in [3.05, 3.63) is 99.8 Å². The zero-order valence-corrected chi connectivity index (χ0v) is 14.9. The van der Waals surface area contributed by atoms with Gasteiger partial charge in [-0.1, -0.05) is 66.2 Å². The van der Waals surface area contributed by atoms with Crippen LogP contribution in [0, 0.1) is 13.8 Å².